The van der Waals surface area contributed by atoms with Crippen LogP contribution in [-0.4, -0.2) is 24.6 Å². The van der Waals surface area contributed by atoms with E-state index in [2.05, 4.69) is 13.5 Å². The van der Waals surface area contributed by atoms with Crippen LogP contribution >= 0.6 is 0 Å². The van der Waals surface area contributed by atoms with Gasteiger partial charge in [0.15, 0.2) is 0 Å². The Morgan fingerprint density at radius 2 is 1.72 bits per heavy atom. The standard InChI is InChI=1S/C30H38N2O4/c1-3-5-6-24(25-17-26(31)19-27(32)18-25)20-35-29(33)16-11-22-7-12-23(13-8-22)30(34)36-28-14-9-21(4-2)10-15-28/h4,7-8,11-13,16-19,21,24,28H,2-3,5-6,9-10,14-15,20,31-32H2,1H3. The summed E-state index contributed by atoms with van der Waals surface area (Å²) >= 11 is 0. The van der Waals surface area contributed by atoms with Gasteiger partial charge in [-0.2, -0.15) is 0 Å². The summed E-state index contributed by atoms with van der Waals surface area (Å²) in [6, 6.07) is 12.5. The van der Waals surface area contributed by atoms with Crippen LogP contribution in [0.1, 0.15) is 79.3 Å². The Labute approximate surface area is 214 Å². The topological polar surface area (TPSA) is 105 Å². The van der Waals surface area contributed by atoms with Crippen molar-refractivity contribution in [3.63, 3.8) is 0 Å². The first-order valence-electron chi connectivity index (χ1n) is 12.8. The molecule has 0 radical (unpaired) electrons. The first-order valence-corrected chi connectivity index (χ1v) is 12.8. The van der Waals surface area contributed by atoms with Crippen LogP contribution in [0.3, 0.4) is 0 Å². The van der Waals surface area contributed by atoms with E-state index in [1.54, 1.807) is 36.4 Å². The number of hydrogen-bond donors (Lipinski definition) is 2. The number of nitrogen functional groups attached to an aromatic ring is 2. The molecule has 0 amide bonds. The average Bonchev–Trinajstić information content (AvgIpc) is 2.87. The summed E-state index contributed by atoms with van der Waals surface area (Å²) in [5.74, 6) is -0.180. The molecule has 192 valence electrons. The second kappa shape index (κ2) is 13.5. The van der Waals surface area contributed by atoms with Crippen molar-refractivity contribution in [2.24, 2.45) is 5.92 Å². The van der Waals surface area contributed by atoms with Crippen molar-refractivity contribution < 1.29 is 19.1 Å². The number of carbonyl (C=O) groups excluding carboxylic acids is 2. The summed E-state index contributed by atoms with van der Waals surface area (Å²) in [6.45, 7) is 6.23. The summed E-state index contributed by atoms with van der Waals surface area (Å²) in [5, 5.41) is 0. The highest BCUT2D eigenvalue weighted by Crippen LogP contribution is 2.28. The van der Waals surface area contributed by atoms with Gasteiger partial charge in [0, 0.05) is 23.4 Å². The van der Waals surface area contributed by atoms with Crippen LogP contribution in [-0.2, 0) is 14.3 Å². The third-order valence-electron chi connectivity index (χ3n) is 6.69. The molecule has 0 heterocycles. The Balaban J connectivity index is 1.51. The molecule has 4 N–H and O–H groups in total. The summed E-state index contributed by atoms with van der Waals surface area (Å²) in [6.07, 6.45) is 11.7. The van der Waals surface area contributed by atoms with E-state index in [1.807, 2.05) is 18.2 Å². The number of esters is 2. The van der Waals surface area contributed by atoms with Crippen LogP contribution in [0, 0.1) is 5.92 Å². The molecule has 1 unspecified atom stereocenters. The van der Waals surface area contributed by atoms with Crippen molar-refractivity contribution in [3.05, 3.63) is 77.9 Å². The average molecular weight is 491 g/mol. The maximum atomic E-state index is 12.5. The van der Waals surface area contributed by atoms with E-state index in [1.165, 1.54) is 6.08 Å². The molecule has 2 aromatic carbocycles. The molecule has 1 atom stereocenters. The molecule has 0 saturated heterocycles. The Kier molecular flexibility index (Phi) is 10.2. The molecule has 2 aromatic rings. The zero-order chi connectivity index (χ0) is 25.9. The maximum Gasteiger partial charge on any atom is 0.338 e. The highest BCUT2D eigenvalue weighted by Gasteiger charge is 2.22. The van der Waals surface area contributed by atoms with Crippen molar-refractivity contribution in [3.8, 4) is 0 Å². The molecule has 36 heavy (non-hydrogen) atoms. The van der Waals surface area contributed by atoms with E-state index in [-0.39, 0.29) is 24.6 Å². The van der Waals surface area contributed by atoms with Gasteiger partial charge in [-0.05, 0) is 85.6 Å². The zero-order valence-corrected chi connectivity index (χ0v) is 21.2. The van der Waals surface area contributed by atoms with Gasteiger partial charge in [-0.3, -0.25) is 0 Å². The fourth-order valence-electron chi connectivity index (χ4n) is 4.52. The maximum absolute atomic E-state index is 12.5. The Morgan fingerprint density at radius 3 is 2.33 bits per heavy atom. The first kappa shape index (κ1) is 27.1. The molecule has 1 fully saturated rings. The van der Waals surface area contributed by atoms with Gasteiger partial charge in [0.2, 0.25) is 0 Å². The largest absolute Gasteiger partial charge is 0.462 e. The Morgan fingerprint density at radius 1 is 1.06 bits per heavy atom. The number of hydrogen-bond acceptors (Lipinski definition) is 6. The molecule has 6 heteroatoms. The molecular formula is C30H38N2O4. The third-order valence-corrected chi connectivity index (χ3v) is 6.69. The fourth-order valence-corrected chi connectivity index (χ4v) is 4.52. The van der Waals surface area contributed by atoms with Gasteiger partial charge in [0.05, 0.1) is 12.2 Å². The monoisotopic (exact) mass is 490 g/mol. The third kappa shape index (κ3) is 8.29. The SMILES string of the molecule is C=CC1CCC(OC(=O)c2ccc(C=CC(=O)OCC(CCCC)c3cc(N)cc(N)c3)cc2)CC1. The molecule has 1 aliphatic rings. The van der Waals surface area contributed by atoms with Gasteiger partial charge in [-0.1, -0.05) is 38.0 Å². The molecule has 1 saturated carbocycles. The van der Waals surface area contributed by atoms with Crippen LogP contribution in [0.15, 0.2) is 61.2 Å². The minimum absolute atomic E-state index is 0.0326. The lowest BCUT2D eigenvalue weighted by molar-refractivity contribution is -0.138. The number of benzene rings is 2. The predicted octanol–water partition coefficient (Wildman–Crippen LogP) is 6.28. The lowest BCUT2D eigenvalue weighted by atomic mass is 9.87. The first-order chi connectivity index (χ1) is 17.4. The molecule has 0 bridgehead atoms. The number of allylic oxidation sites excluding steroid dienone is 1. The number of anilines is 2. The van der Waals surface area contributed by atoms with E-state index in [0.717, 1.165) is 56.1 Å². The number of ether oxygens (including phenoxy) is 2. The second-order valence-corrected chi connectivity index (χ2v) is 9.54. The van der Waals surface area contributed by atoms with Crippen LogP contribution < -0.4 is 11.5 Å². The van der Waals surface area contributed by atoms with E-state index in [9.17, 15) is 9.59 Å². The summed E-state index contributed by atoms with van der Waals surface area (Å²) in [7, 11) is 0. The van der Waals surface area contributed by atoms with Gasteiger partial charge in [0.1, 0.15) is 6.10 Å². The van der Waals surface area contributed by atoms with Gasteiger partial charge in [-0.25, -0.2) is 9.59 Å². The molecule has 0 aromatic heterocycles. The highest BCUT2D eigenvalue weighted by atomic mass is 16.5. The number of carbonyl (C=O) groups is 2. The van der Waals surface area contributed by atoms with Crippen LogP contribution in [0.5, 0.6) is 0 Å². The van der Waals surface area contributed by atoms with Crippen molar-refractivity contribution in [1.82, 2.24) is 0 Å². The van der Waals surface area contributed by atoms with Gasteiger partial charge in [-0.15, -0.1) is 6.58 Å². The van der Waals surface area contributed by atoms with Crippen molar-refractivity contribution in [2.45, 2.75) is 63.9 Å². The molecule has 0 spiro atoms. The van der Waals surface area contributed by atoms with Gasteiger partial charge >= 0.3 is 11.9 Å². The Hall–Kier alpha value is -3.54. The summed E-state index contributed by atoms with van der Waals surface area (Å²) in [4.78, 5) is 24.8. The second-order valence-electron chi connectivity index (χ2n) is 9.54. The summed E-state index contributed by atoms with van der Waals surface area (Å²) < 4.78 is 11.2. The minimum atomic E-state index is -0.424. The normalized spacial score (nSPS) is 18.5. The van der Waals surface area contributed by atoms with Crippen LogP contribution in [0.25, 0.3) is 6.08 Å². The molecule has 1 aliphatic carbocycles. The summed E-state index contributed by atoms with van der Waals surface area (Å²) in [5.41, 5.74) is 15.4. The lowest BCUT2D eigenvalue weighted by Crippen LogP contribution is -2.23. The molecular weight excluding hydrogens is 452 g/mol. The molecule has 6 nitrogen and oxygen atoms in total. The number of rotatable bonds is 11. The molecule has 3 rings (SSSR count). The Bertz CT molecular complexity index is 1030. The number of unbranched alkanes of at least 4 members (excludes halogenated alkanes) is 1. The van der Waals surface area contributed by atoms with E-state index < -0.39 is 5.97 Å². The minimum Gasteiger partial charge on any atom is -0.462 e. The van der Waals surface area contributed by atoms with E-state index in [0.29, 0.717) is 22.9 Å². The van der Waals surface area contributed by atoms with E-state index >= 15 is 0 Å². The van der Waals surface area contributed by atoms with Crippen molar-refractivity contribution in [1.29, 1.82) is 0 Å². The van der Waals surface area contributed by atoms with Gasteiger partial charge in [0.25, 0.3) is 0 Å². The number of nitrogens with two attached hydrogens (primary N) is 2. The predicted molar refractivity (Wildman–Crippen MR) is 145 cm³/mol. The van der Waals surface area contributed by atoms with Crippen LogP contribution in [0.2, 0.25) is 0 Å². The zero-order valence-electron chi connectivity index (χ0n) is 21.2. The molecule has 0 aliphatic heterocycles. The van der Waals surface area contributed by atoms with Gasteiger partial charge < -0.3 is 20.9 Å². The van der Waals surface area contributed by atoms with E-state index in [4.69, 9.17) is 20.9 Å². The highest BCUT2D eigenvalue weighted by molar-refractivity contribution is 5.90. The lowest BCUT2D eigenvalue weighted by Gasteiger charge is -2.26. The van der Waals surface area contributed by atoms with Crippen molar-refractivity contribution in [2.75, 3.05) is 18.1 Å². The quantitative estimate of drug-likeness (QED) is 0.166. The smallest absolute Gasteiger partial charge is 0.338 e. The van der Waals surface area contributed by atoms with Crippen molar-refractivity contribution >= 4 is 29.4 Å². The van der Waals surface area contributed by atoms with Crippen LogP contribution in [0.4, 0.5) is 11.4 Å². The fraction of sp³-hybridized carbons (Fsp3) is 0.400.